The summed E-state index contributed by atoms with van der Waals surface area (Å²) in [6.45, 7) is 1.85. The van der Waals surface area contributed by atoms with E-state index in [0.29, 0.717) is 16.9 Å². The lowest BCUT2D eigenvalue weighted by molar-refractivity contribution is 0.565. The molecule has 7 nitrogen and oxygen atoms in total. The van der Waals surface area contributed by atoms with Gasteiger partial charge in [-0.2, -0.15) is 15.0 Å². The monoisotopic (exact) mass is 317 g/mol. The van der Waals surface area contributed by atoms with Crippen LogP contribution in [-0.2, 0) is 9.84 Å². The summed E-state index contributed by atoms with van der Waals surface area (Å²) < 4.78 is 22.2. The fourth-order valence-corrected chi connectivity index (χ4v) is 3.98. The Balaban J connectivity index is 2.04. The van der Waals surface area contributed by atoms with Crippen molar-refractivity contribution in [1.82, 2.24) is 15.0 Å². The number of sulfone groups is 1. The number of aromatic nitrogens is 3. The van der Waals surface area contributed by atoms with Gasteiger partial charge in [-0.15, -0.1) is 0 Å². The lowest BCUT2D eigenvalue weighted by atomic mass is 10.1. The first-order valence-electron chi connectivity index (χ1n) is 6.51. The van der Waals surface area contributed by atoms with E-state index in [4.69, 9.17) is 5.73 Å². The molecule has 0 atom stereocenters. The van der Waals surface area contributed by atoms with Crippen LogP contribution in [0.3, 0.4) is 0 Å². The summed E-state index contributed by atoms with van der Waals surface area (Å²) in [6, 6.07) is 0. The minimum absolute atomic E-state index is 0.0995. The van der Waals surface area contributed by atoms with Crippen molar-refractivity contribution in [3.8, 4) is 0 Å². The molecule has 2 rings (SSSR count). The van der Waals surface area contributed by atoms with Gasteiger partial charge in [0.1, 0.15) is 9.84 Å². The largest absolute Gasteiger partial charge is 0.368 e. The normalized spacial score (nSPS) is 16.4. The molecule has 0 radical (unpaired) electrons. The number of thioether (sulfide) groups is 1. The van der Waals surface area contributed by atoms with Gasteiger partial charge in [-0.05, 0) is 19.3 Å². The second kappa shape index (κ2) is 6.57. The Morgan fingerprint density at radius 3 is 2.55 bits per heavy atom. The molecule has 1 aliphatic heterocycles. The Hall–Kier alpha value is -1.09. The van der Waals surface area contributed by atoms with E-state index < -0.39 is 9.84 Å². The number of rotatable bonds is 5. The van der Waals surface area contributed by atoms with Gasteiger partial charge in [0.25, 0.3) is 0 Å². The number of hydrogen-bond donors (Lipinski definition) is 1. The van der Waals surface area contributed by atoms with E-state index in [2.05, 4.69) is 19.9 Å². The van der Waals surface area contributed by atoms with Crippen LogP contribution in [0.15, 0.2) is 5.16 Å². The van der Waals surface area contributed by atoms with Gasteiger partial charge in [-0.3, -0.25) is 0 Å². The molecule has 0 aliphatic carbocycles. The minimum atomic E-state index is -2.97. The number of anilines is 2. The highest BCUT2D eigenvalue weighted by molar-refractivity contribution is 8.00. The highest BCUT2D eigenvalue weighted by Crippen LogP contribution is 2.20. The fourth-order valence-electron chi connectivity index (χ4n) is 1.95. The average Bonchev–Trinajstić information content (AvgIpc) is 2.37. The van der Waals surface area contributed by atoms with E-state index in [-0.39, 0.29) is 11.7 Å². The summed E-state index contributed by atoms with van der Waals surface area (Å²) in [7, 11) is -2.97. The highest BCUT2D eigenvalue weighted by Gasteiger charge is 2.16. The SMILES string of the molecule is CS(=O)(=O)CCSc1nc(N)nc(N2CCCCC2)n1. The first-order valence-corrected chi connectivity index (χ1v) is 9.56. The van der Waals surface area contributed by atoms with Gasteiger partial charge < -0.3 is 10.6 Å². The topological polar surface area (TPSA) is 102 Å². The number of nitrogen functional groups attached to an aromatic ring is 1. The number of piperidine rings is 1. The maximum Gasteiger partial charge on any atom is 0.231 e. The van der Waals surface area contributed by atoms with Crippen molar-refractivity contribution in [3.05, 3.63) is 0 Å². The van der Waals surface area contributed by atoms with Crippen molar-refractivity contribution >= 4 is 33.5 Å². The molecule has 0 bridgehead atoms. The first-order chi connectivity index (χ1) is 9.44. The summed E-state index contributed by atoms with van der Waals surface area (Å²) >= 11 is 1.29. The summed E-state index contributed by atoms with van der Waals surface area (Å²) in [5.41, 5.74) is 5.70. The molecule has 9 heteroatoms. The third-order valence-electron chi connectivity index (χ3n) is 2.94. The number of nitrogens with zero attached hydrogens (tertiary/aromatic N) is 4. The van der Waals surface area contributed by atoms with Crippen LogP contribution in [-0.4, -0.2) is 54.2 Å². The van der Waals surface area contributed by atoms with Crippen LogP contribution in [0, 0.1) is 0 Å². The van der Waals surface area contributed by atoms with Crippen molar-refractivity contribution < 1.29 is 8.42 Å². The van der Waals surface area contributed by atoms with Gasteiger partial charge in [-0.25, -0.2) is 8.42 Å². The van der Waals surface area contributed by atoms with Gasteiger partial charge in [0.15, 0.2) is 5.16 Å². The molecule has 0 aromatic carbocycles. The molecule has 0 unspecified atom stereocenters. The quantitative estimate of drug-likeness (QED) is 0.787. The van der Waals surface area contributed by atoms with Crippen molar-refractivity contribution in [2.75, 3.05) is 41.5 Å². The van der Waals surface area contributed by atoms with E-state index in [1.807, 2.05) is 0 Å². The van der Waals surface area contributed by atoms with Crippen molar-refractivity contribution in [2.24, 2.45) is 0 Å². The standard InChI is InChI=1S/C11H19N5O2S2/c1-20(17,18)8-7-19-11-14-9(12)13-10(15-11)16-5-3-2-4-6-16/h2-8H2,1H3,(H2,12,13,14,15). The molecular formula is C11H19N5O2S2. The van der Waals surface area contributed by atoms with Crippen molar-refractivity contribution in [2.45, 2.75) is 24.4 Å². The second-order valence-corrected chi connectivity index (χ2v) is 8.12. The maximum absolute atomic E-state index is 11.1. The summed E-state index contributed by atoms with van der Waals surface area (Å²) in [4.78, 5) is 14.7. The third-order valence-corrected chi connectivity index (χ3v) is 5.00. The van der Waals surface area contributed by atoms with Crippen LogP contribution in [0.2, 0.25) is 0 Å². The lowest BCUT2D eigenvalue weighted by Crippen LogP contribution is -2.31. The molecule has 2 N–H and O–H groups in total. The summed E-state index contributed by atoms with van der Waals surface area (Å²) in [6.07, 6.45) is 4.70. The Morgan fingerprint density at radius 1 is 1.20 bits per heavy atom. The zero-order valence-electron chi connectivity index (χ0n) is 11.4. The molecule has 0 spiro atoms. The van der Waals surface area contributed by atoms with Crippen LogP contribution in [0.5, 0.6) is 0 Å². The Kier molecular flexibility index (Phi) is 5.03. The third kappa shape index (κ3) is 4.78. The molecule has 1 aromatic heterocycles. The average molecular weight is 317 g/mol. The molecule has 1 fully saturated rings. The molecule has 1 aromatic rings. The summed E-state index contributed by atoms with van der Waals surface area (Å²) in [5, 5.41) is 0.488. The van der Waals surface area contributed by atoms with Gasteiger partial charge in [0.2, 0.25) is 11.9 Å². The van der Waals surface area contributed by atoms with Crippen LogP contribution in [0.25, 0.3) is 0 Å². The van der Waals surface area contributed by atoms with Gasteiger partial charge in [-0.1, -0.05) is 11.8 Å². The molecular weight excluding hydrogens is 298 g/mol. The van der Waals surface area contributed by atoms with E-state index in [1.54, 1.807) is 0 Å². The molecule has 1 aliphatic rings. The molecule has 1 saturated heterocycles. The smallest absolute Gasteiger partial charge is 0.231 e. The van der Waals surface area contributed by atoms with E-state index in [0.717, 1.165) is 25.9 Å². The van der Waals surface area contributed by atoms with Gasteiger partial charge in [0.05, 0.1) is 5.75 Å². The zero-order valence-corrected chi connectivity index (χ0v) is 13.1. The molecule has 0 saturated carbocycles. The van der Waals surface area contributed by atoms with E-state index >= 15 is 0 Å². The highest BCUT2D eigenvalue weighted by atomic mass is 32.2. The molecule has 112 valence electrons. The van der Waals surface area contributed by atoms with Gasteiger partial charge in [0, 0.05) is 25.1 Å². The fraction of sp³-hybridized carbons (Fsp3) is 0.727. The maximum atomic E-state index is 11.1. The number of hydrogen-bond acceptors (Lipinski definition) is 8. The van der Waals surface area contributed by atoms with E-state index in [9.17, 15) is 8.42 Å². The number of nitrogens with two attached hydrogens (primary N) is 1. The minimum Gasteiger partial charge on any atom is -0.368 e. The molecule has 20 heavy (non-hydrogen) atoms. The van der Waals surface area contributed by atoms with Crippen LogP contribution < -0.4 is 10.6 Å². The molecule has 2 heterocycles. The van der Waals surface area contributed by atoms with Crippen molar-refractivity contribution in [1.29, 1.82) is 0 Å². The lowest BCUT2D eigenvalue weighted by Gasteiger charge is -2.26. The van der Waals surface area contributed by atoms with E-state index in [1.165, 1.54) is 24.4 Å². The Morgan fingerprint density at radius 2 is 1.90 bits per heavy atom. The Labute approximate surface area is 123 Å². The van der Waals surface area contributed by atoms with Crippen molar-refractivity contribution in [3.63, 3.8) is 0 Å². The summed E-state index contributed by atoms with van der Waals surface area (Å²) in [5.74, 6) is 1.30. The van der Waals surface area contributed by atoms with Crippen LogP contribution >= 0.6 is 11.8 Å². The zero-order chi connectivity index (χ0) is 14.6. The predicted octanol–water partition coefficient (Wildman–Crippen LogP) is 0.581. The van der Waals surface area contributed by atoms with Crippen LogP contribution in [0.1, 0.15) is 19.3 Å². The Bertz CT molecular complexity index is 558. The molecule has 0 amide bonds. The first kappa shape index (κ1) is 15.3. The van der Waals surface area contributed by atoms with Gasteiger partial charge >= 0.3 is 0 Å². The predicted molar refractivity (Wildman–Crippen MR) is 80.7 cm³/mol. The second-order valence-electron chi connectivity index (χ2n) is 4.80. The van der Waals surface area contributed by atoms with Crippen LogP contribution in [0.4, 0.5) is 11.9 Å².